The number of nitrogens with one attached hydrogen (secondary N) is 1. The summed E-state index contributed by atoms with van der Waals surface area (Å²) >= 11 is 1.37. The predicted octanol–water partition coefficient (Wildman–Crippen LogP) is 2.56. The van der Waals surface area contributed by atoms with Crippen molar-refractivity contribution in [3.05, 3.63) is 4.88 Å². The van der Waals surface area contributed by atoms with Crippen LogP contribution < -0.4 is 11.1 Å². The van der Waals surface area contributed by atoms with Gasteiger partial charge >= 0.3 is 0 Å². The third-order valence-electron chi connectivity index (χ3n) is 3.09. The van der Waals surface area contributed by atoms with Gasteiger partial charge in [-0.1, -0.05) is 25.2 Å². The topological polar surface area (TPSA) is 71.2 Å². The number of anilines is 2. The van der Waals surface area contributed by atoms with Crippen molar-refractivity contribution in [1.82, 2.24) is 9.88 Å². The maximum absolute atomic E-state index is 12.5. The van der Waals surface area contributed by atoms with Gasteiger partial charge in [-0.15, -0.1) is 0 Å². The summed E-state index contributed by atoms with van der Waals surface area (Å²) in [6, 6.07) is 0.418. The number of carbonyl (C=O) groups excluding carboxylic acids is 1. The van der Waals surface area contributed by atoms with Crippen LogP contribution >= 0.6 is 11.3 Å². The van der Waals surface area contributed by atoms with Gasteiger partial charge in [0.1, 0.15) is 10.7 Å². The zero-order valence-electron chi connectivity index (χ0n) is 11.6. The first-order valence-corrected chi connectivity index (χ1v) is 7.80. The summed E-state index contributed by atoms with van der Waals surface area (Å²) in [5.74, 6) is 0.402. The standard InChI is InChI=1S/C13H22N4OS/c1-3-7-15-13-16-11(14)10(19-13)12(18)17(8-4-2)9-5-6-9/h9H,3-8,14H2,1-2H3,(H,15,16). The molecule has 0 bridgehead atoms. The minimum atomic E-state index is 0.0453. The van der Waals surface area contributed by atoms with Gasteiger partial charge in [-0.05, 0) is 25.7 Å². The molecule has 0 saturated heterocycles. The molecule has 19 heavy (non-hydrogen) atoms. The third kappa shape index (κ3) is 3.37. The molecule has 0 radical (unpaired) electrons. The summed E-state index contributed by atoms with van der Waals surface area (Å²) in [5, 5.41) is 3.93. The summed E-state index contributed by atoms with van der Waals surface area (Å²) in [5.41, 5.74) is 5.88. The van der Waals surface area contributed by atoms with Crippen molar-refractivity contribution in [2.24, 2.45) is 0 Å². The average Bonchev–Trinajstić information content (AvgIpc) is 3.16. The smallest absolute Gasteiger partial charge is 0.268 e. The van der Waals surface area contributed by atoms with Crippen molar-refractivity contribution in [2.45, 2.75) is 45.6 Å². The first-order chi connectivity index (χ1) is 9.17. The lowest BCUT2D eigenvalue weighted by Gasteiger charge is -2.20. The molecular formula is C13H22N4OS. The maximum atomic E-state index is 12.5. The van der Waals surface area contributed by atoms with Gasteiger partial charge in [0.2, 0.25) is 0 Å². The summed E-state index contributed by atoms with van der Waals surface area (Å²) in [6.07, 6.45) is 4.23. The first kappa shape index (κ1) is 14.1. The lowest BCUT2D eigenvalue weighted by molar-refractivity contribution is 0.0749. The van der Waals surface area contributed by atoms with Gasteiger partial charge < -0.3 is 16.0 Å². The molecule has 1 aliphatic rings. The number of aromatic nitrogens is 1. The second kappa shape index (κ2) is 6.23. The van der Waals surface area contributed by atoms with Crippen molar-refractivity contribution in [1.29, 1.82) is 0 Å². The summed E-state index contributed by atoms with van der Waals surface area (Å²) in [4.78, 5) is 19.3. The van der Waals surface area contributed by atoms with Crippen LogP contribution in [0, 0.1) is 0 Å². The second-order valence-corrected chi connectivity index (χ2v) is 5.89. The molecule has 1 heterocycles. The molecule has 0 spiro atoms. The van der Waals surface area contributed by atoms with Crippen molar-refractivity contribution in [3.8, 4) is 0 Å². The molecule has 0 atom stereocenters. The highest BCUT2D eigenvalue weighted by atomic mass is 32.1. The minimum absolute atomic E-state index is 0.0453. The van der Waals surface area contributed by atoms with E-state index in [4.69, 9.17) is 5.73 Å². The van der Waals surface area contributed by atoms with E-state index in [1.165, 1.54) is 11.3 Å². The van der Waals surface area contributed by atoms with Gasteiger partial charge in [-0.3, -0.25) is 4.79 Å². The molecule has 1 aliphatic carbocycles. The van der Waals surface area contributed by atoms with Crippen LogP contribution in [0.15, 0.2) is 0 Å². The molecule has 1 aromatic rings. The fraction of sp³-hybridized carbons (Fsp3) is 0.692. The van der Waals surface area contributed by atoms with E-state index in [9.17, 15) is 4.79 Å². The molecule has 1 fully saturated rings. The quantitative estimate of drug-likeness (QED) is 0.806. The Morgan fingerprint density at radius 2 is 2.21 bits per heavy atom. The molecule has 1 amide bonds. The second-order valence-electron chi connectivity index (χ2n) is 4.89. The van der Waals surface area contributed by atoms with Gasteiger partial charge in [0, 0.05) is 19.1 Å². The fourth-order valence-electron chi connectivity index (χ4n) is 2.00. The van der Waals surface area contributed by atoms with Crippen LogP contribution in [-0.2, 0) is 0 Å². The summed E-state index contributed by atoms with van der Waals surface area (Å²) in [7, 11) is 0. The monoisotopic (exact) mass is 282 g/mol. The lowest BCUT2D eigenvalue weighted by atomic mass is 10.3. The SMILES string of the molecule is CCCNc1nc(N)c(C(=O)N(CCC)C2CC2)s1. The van der Waals surface area contributed by atoms with E-state index in [-0.39, 0.29) is 5.91 Å². The average molecular weight is 282 g/mol. The number of amides is 1. The van der Waals surface area contributed by atoms with Crippen LogP contribution in [0.4, 0.5) is 10.9 Å². The van der Waals surface area contributed by atoms with E-state index >= 15 is 0 Å². The number of thiazole rings is 1. The number of nitrogen functional groups attached to an aromatic ring is 1. The normalized spacial score (nSPS) is 14.4. The number of carbonyl (C=O) groups is 1. The molecule has 1 saturated carbocycles. The van der Waals surface area contributed by atoms with Gasteiger partial charge in [-0.25, -0.2) is 4.98 Å². The summed E-state index contributed by atoms with van der Waals surface area (Å²) in [6.45, 7) is 5.83. The van der Waals surface area contributed by atoms with Gasteiger partial charge in [0.25, 0.3) is 5.91 Å². The molecule has 106 valence electrons. The molecule has 1 aromatic heterocycles. The van der Waals surface area contributed by atoms with E-state index in [0.717, 1.165) is 43.9 Å². The first-order valence-electron chi connectivity index (χ1n) is 6.98. The maximum Gasteiger partial charge on any atom is 0.268 e. The Labute approximate surface area is 118 Å². The zero-order valence-corrected chi connectivity index (χ0v) is 12.4. The highest BCUT2D eigenvalue weighted by molar-refractivity contribution is 7.18. The highest BCUT2D eigenvalue weighted by Gasteiger charge is 2.34. The predicted molar refractivity (Wildman–Crippen MR) is 79.7 cm³/mol. The number of hydrogen-bond donors (Lipinski definition) is 2. The molecule has 5 nitrogen and oxygen atoms in total. The van der Waals surface area contributed by atoms with E-state index < -0.39 is 0 Å². The molecule has 2 rings (SSSR count). The highest BCUT2D eigenvalue weighted by Crippen LogP contribution is 2.32. The van der Waals surface area contributed by atoms with Crippen LogP contribution in [0.1, 0.15) is 49.2 Å². The molecule has 6 heteroatoms. The zero-order chi connectivity index (χ0) is 13.8. The lowest BCUT2D eigenvalue weighted by Crippen LogP contribution is -2.33. The van der Waals surface area contributed by atoms with E-state index in [1.807, 2.05) is 4.90 Å². The molecule has 0 aromatic carbocycles. The molecule has 3 N–H and O–H groups in total. The van der Waals surface area contributed by atoms with Crippen molar-refractivity contribution in [3.63, 3.8) is 0 Å². The van der Waals surface area contributed by atoms with Gasteiger partial charge in [0.05, 0.1) is 0 Å². The van der Waals surface area contributed by atoms with E-state index in [0.29, 0.717) is 16.7 Å². The van der Waals surface area contributed by atoms with Crippen LogP contribution in [0.25, 0.3) is 0 Å². The van der Waals surface area contributed by atoms with Gasteiger partial charge in [-0.2, -0.15) is 0 Å². The summed E-state index contributed by atoms with van der Waals surface area (Å²) < 4.78 is 0. The Kier molecular flexibility index (Phi) is 4.63. The Morgan fingerprint density at radius 3 is 2.79 bits per heavy atom. The largest absolute Gasteiger partial charge is 0.382 e. The van der Waals surface area contributed by atoms with E-state index in [2.05, 4.69) is 24.1 Å². The number of rotatable bonds is 7. The molecule has 0 unspecified atom stereocenters. The number of nitrogens with zero attached hydrogens (tertiary/aromatic N) is 2. The Balaban J connectivity index is 2.10. The van der Waals surface area contributed by atoms with Crippen molar-refractivity contribution < 1.29 is 4.79 Å². The van der Waals surface area contributed by atoms with Crippen molar-refractivity contribution >= 4 is 28.2 Å². The number of nitrogens with two attached hydrogens (primary N) is 1. The number of hydrogen-bond acceptors (Lipinski definition) is 5. The van der Waals surface area contributed by atoms with Crippen LogP contribution in [0.5, 0.6) is 0 Å². The molecular weight excluding hydrogens is 260 g/mol. The Morgan fingerprint density at radius 1 is 1.47 bits per heavy atom. The molecule has 0 aliphatic heterocycles. The van der Waals surface area contributed by atoms with Gasteiger partial charge in [0.15, 0.2) is 5.13 Å². The van der Waals surface area contributed by atoms with Crippen LogP contribution in [0.3, 0.4) is 0 Å². The third-order valence-corrected chi connectivity index (χ3v) is 4.10. The van der Waals surface area contributed by atoms with Crippen LogP contribution in [0.2, 0.25) is 0 Å². The minimum Gasteiger partial charge on any atom is -0.382 e. The van der Waals surface area contributed by atoms with Crippen molar-refractivity contribution in [2.75, 3.05) is 24.1 Å². The van der Waals surface area contributed by atoms with Crippen LogP contribution in [-0.4, -0.2) is 34.9 Å². The Hall–Kier alpha value is -1.30. The Bertz CT molecular complexity index is 442. The van der Waals surface area contributed by atoms with E-state index in [1.54, 1.807) is 0 Å². The fourth-order valence-corrected chi connectivity index (χ4v) is 2.87.